The number of anilines is 1. The Balaban J connectivity index is 1.47. The van der Waals surface area contributed by atoms with Gasteiger partial charge in [-0.2, -0.15) is 0 Å². The molecule has 0 unspecified atom stereocenters. The molecule has 2 aromatic carbocycles. The third-order valence-electron chi connectivity index (χ3n) is 6.25. The molecule has 0 bridgehead atoms. The van der Waals surface area contributed by atoms with E-state index in [4.69, 9.17) is 21.5 Å². The zero-order valence-electron chi connectivity index (χ0n) is 23.1. The predicted octanol–water partition coefficient (Wildman–Crippen LogP) is 4.74. The fraction of sp³-hybridized carbons (Fsp3) is 0.267. The Labute approximate surface area is 242 Å². The zero-order chi connectivity index (χ0) is 29.6. The van der Waals surface area contributed by atoms with Crippen molar-refractivity contribution in [3.8, 4) is 28.2 Å². The number of thiocarbonyl (C=S) groups is 1. The maximum Gasteiger partial charge on any atom is 0.336 e. The Morgan fingerprint density at radius 3 is 2.63 bits per heavy atom. The van der Waals surface area contributed by atoms with E-state index in [1.165, 1.54) is 30.3 Å². The number of hydrogen-bond donors (Lipinski definition) is 4. The van der Waals surface area contributed by atoms with Crippen molar-refractivity contribution in [3.05, 3.63) is 70.4 Å². The van der Waals surface area contributed by atoms with Gasteiger partial charge in [-0.05, 0) is 67.0 Å². The number of rotatable bonds is 11. The monoisotopic (exact) mass is 577 g/mol. The number of phenolic OH excluding ortho intramolecular Hbond substituents is 1. The number of nitrogens with zero attached hydrogens (tertiary/aromatic N) is 2. The molecule has 41 heavy (non-hydrogen) atoms. The molecule has 4 N–H and O–H groups in total. The van der Waals surface area contributed by atoms with E-state index in [0.717, 1.165) is 17.4 Å². The molecule has 214 valence electrons. The summed E-state index contributed by atoms with van der Waals surface area (Å²) in [6.07, 6.45) is 3.23. The van der Waals surface area contributed by atoms with E-state index < -0.39 is 5.97 Å². The molecular weight excluding hydrogens is 544 g/mol. The minimum absolute atomic E-state index is 0.0139. The van der Waals surface area contributed by atoms with Gasteiger partial charge in [-0.25, -0.2) is 4.79 Å². The molecular formula is C30H33N4O6S+. The molecule has 0 aromatic heterocycles. The number of aromatic carboxylic acids is 1. The number of likely N-dealkylation sites (N-methyl/N-ethyl adjacent to an activating group) is 1. The summed E-state index contributed by atoms with van der Waals surface area (Å²) < 4.78 is 6.69. The van der Waals surface area contributed by atoms with Crippen LogP contribution in [-0.4, -0.2) is 72.8 Å². The summed E-state index contributed by atoms with van der Waals surface area (Å²) in [5.41, 5.74) is 2.20. The first-order valence-electron chi connectivity index (χ1n) is 13.1. The summed E-state index contributed by atoms with van der Waals surface area (Å²) in [6, 6.07) is 13.9. The normalized spacial score (nSPS) is 11.7. The van der Waals surface area contributed by atoms with Crippen molar-refractivity contribution in [1.82, 2.24) is 5.32 Å². The van der Waals surface area contributed by atoms with Crippen LogP contribution in [0.3, 0.4) is 0 Å². The van der Waals surface area contributed by atoms with Crippen LogP contribution in [-0.2, 0) is 4.84 Å². The minimum atomic E-state index is -1.13. The fourth-order valence-electron chi connectivity index (χ4n) is 4.21. The second kappa shape index (κ2) is 12.8. The molecule has 10 nitrogen and oxygen atoms in total. The number of carboxylic acids is 1. The minimum Gasteiger partial charge on any atom is -0.508 e. The number of carbonyl (C=O) groups is 1. The van der Waals surface area contributed by atoms with Crippen LogP contribution in [0.15, 0.2) is 69.0 Å². The lowest BCUT2D eigenvalue weighted by Crippen LogP contribution is -2.37. The van der Waals surface area contributed by atoms with Crippen molar-refractivity contribution < 1.29 is 28.7 Å². The number of fused-ring (bicyclic) bond motifs is 2. The molecule has 0 atom stereocenters. The molecule has 1 aliphatic heterocycles. The molecule has 0 spiro atoms. The molecule has 0 fully saturated rings. The molecule has 0 saturated carbocycles. The third-order valence-corrected chi connectivity index (χ3v) is 6.50. The summed E-state index contributed by atoms with van der Waals surface area (Å²) in [7, 11) is 6.27. The third kappa shape index (κ3) is 7.80. The van der Waals surface area contributed by atoms with E-state index >= 15 is 0 Å². The number of aromatic hydroxyl groups is 1. The van der Waals surface area contributed by atoms with Gasteiger partial charge < -0.3 is 34.6 Å². The molecule has 0 radical (unpaired) electrons. The van der Waals surface area contributed by atoms with Crippen molar-refractivity contribution in [2.75, 3.05) is 46.2 Å². The Morgan fingerprint density at radius 2 is 1.88 bits per heavy atom. The van der Waals surface area contributed by atoms with Crippen LogP contribution in [0.4, 0.5) is 5.69 Å². The average Bonchev–Trinajstić information content (AvgIpc) is 2.90. The first-order chi connectivity index (χ1) is 19.5. The lowest BCUT2D eigenvalue weighted by molar-refractivity contribution is -0.870. The number of oxime groups is 1. The predicted molar refractivity (Wildman–Crippen MR) is 164 cm³/mol. The van der Waals surface area contributed by atoms with Crippen LogP contribution >= 0.6 is 12.2 Å². The topological polar surface area (TPSA) is 133 Å². The number of quaternary nitrogens is 1. The van der Waals surface area contributed by atoms with Gasteiger partial charge in [0, 0.05) is 47.1 Å². The number of phenols is 1. The van der Waals surface area contributed by atoms with Crippen LogP contribution in [0, 0.1) is 0 Å². The first kappa shape index (κ1) is 29.5. The van der Waals surface area contributed by atoms with E-state index in [2.05, 4.69) is 36.9 Å². The van der Waals surface area contributed by atoms with Gasteiger partial charge in [-0.15, -0.1) is 0 Å². The van der Waals surface area contributed by atoms with Gasteiger partial charge in [0.05, 0.1) is 26.7 Å². The maximum atomic E-state index is 12.4. The highest BCUT2D eigenvalue weighted by atomic mass is 32.1. The standard InChI is InChI=1S/C30H32N4O6S/c1-34(2,3)14-15-39-32-13-5-4-12-31-30(41)33-19-6-9-22(25(16-19)29(37)38)28-23-10-7-20(35)17-26(23)40-27-18-21(36)8-11-24(27)28/h6-11,13,16-18H,4-5,12,14-15H2,1-3H3,(H3-,31,33,35,36,37,38,41)/p+1/b32-13+. The molecule has 4 rings (SSSR count). The molecule has 0 saturated heterocycles. The molecule has 1 aliphatic carbocycles. The number of unbranched alkanes of at least 4 members (excludes halogenated alkanes) is 1. The van der Waals surface area contributed by atoms with Gasteiger partial charge >= 0.3 is 5.97 Å². The first-order valence-corrected chi connectivity index (χ1v) is 13.5. The molecule has 11 heteroatoms. The molecule has 2 aliphatic rings. The Morgan fingerprint density at radius 1 is 1.10 bits per heavy atom. The van der Waals surface area contributed by atoms with Crippen LogP contribution in [0.25, 0.3) is 33.4 Å². The van der Waals surface area contributed by atoms with Gasteiger partial charge in [0.2, 0.25) is 0 Å². The van der Waals surface area contributed by atoms with E-state index in [1.54, 1.807) is 30.5 Å². The second-order valence-electron chi connectivity index (χ2n) is 10.5. The van der Waals surface area contributed by atoms with E-state index in [0.29, 0.717) is 58.0 Å². The Bertz CT molecular complexity index is 1630. The van der Waals surface area contributed by atoms with E-state index in [-0.39, 0.29) is 22.5 Å². The second-order valence-corrected chi connectivity index (χ2v) is 10.9. The van der Waals surface area contributed by atoms with Crippen molar-refractivity contribution in [3.63, 3.8) is 0 Å². The number of carboxylic acid groups (broad SMARTS) is 1. The number of hydrogen-bond acceptors (Lipinski definition) is 7. The van der Waals surface area contributed by atoms with Crippen LogP contribution in [0.2, 0.25) is 0 Å². The summed E-state index contributed by atoms with van der Waals surface area (Å²) in [5.74, 6) is -0.859. The maximum absolute atomic E-state index is 12.4. The van der Waals surface area contributed by atoms with Crippen molar-refractivity contribution in [2.45, 2.75) is 12.8 Å². The van der Waals surface area contributed by atoms with Crippen LogP contribution < -0.4 is 16.1 Å². The van der Waals surface area contributed by atoms with Gasteiger partial charge in [0.1, 0.15) is 23.6 Å². The molecule has 2 aromatic rings. The Kier molecular flexibility index (Phi) is 9.21. The number of nitrogens with one attached hydrogen (secondary N) is 2. The highest BCUT2D eigenvalue weighted by Gasteiger charge is 2.22. The number of benzene rings is 3. The van der Waals surface area contributed by atoms with Crippen molar-refractivity contribution >= 4 is 46.2 Å². The lowest BCUT2D eigenvalue weighted by atomic mass is 9.90. The van der Waals surface area contributed by atoms with Gasteiger partial charge in [0.25, 0.3) is 0 Å². The highest BCUT2D eigenvalue weighted by Crippen LogP contribution is 2.42. The SMILES string of the molecule is C[N+](C)(C)CCO/N=C/CCCNC(=S)Nc1ccc(-c2c3ccc(=O)cc-3oc3cc(O)ccc23)c(C(=O)O)c1. The summed E-state index contributed by atoms with van der Waals surface area (Å²) in [5, 5.41) is 31.2. The highest BCUT2D eigenvalue weighted by molar-refractivity contribution is 7.80. The van der Waals surface area contributed by atoms with Crippen LogP contribution in [0.1, 0.15) is 23.2 Å². The van der Waals surface area contributed by atoms with Gasteiger partial charge in [-0.3, -0.25) is 4.79 Å². The summed E-state index contributed by atoms with van der Waals surface area (Å²) >= 11 is 5.40. The molecule has 1 heterocycles. The summed E-state index contributed by atoms with van der Waals surface area (Å²) in [4.78, 5) is 29.7. The summed E-state index contributed by atoms with van der Waals surface area (Å²) in [6.45, 7) is 2.02. The quantitative estimate of drug-likeness (QED) is 0.0498. The fourth-order valence-corrected chi connectivity index (χ4v) is 4.43. The van der Waals surface area contributed by atoms with E-state index in [9.17, 15) is 19.8 Å². The van der Waals surface area contributed by atoms with E-state index in [1.807, 2.05) is 0 Å². The Hall–Kier alpha value is -4.48. The lowest BCUT2D eigenvalue weighted by Gasteiger charge is -2.22. The van der Waals surface area contributed by atoms with Crippen LogP contribution in [0.5, 0.6) is 5.75 Å². The average molecular weight is 578 g/mol. The van der Waals surface area contributed by atoms with Crippen molar-refractivity contribution in [1.29, 1.82) is 0 Å². The zero-order valence-corrected chi connectivity index (χ0v) is 24.0. The largest absolute Gasteiger partial charge is 0.508 e. The van der Waals surface area contributed by atoms with Gasteiger partial charge in [-0.1, -0.05) is 11.2 Å². The smallest absolute Gasteiger partial charge is 0.336 e. The molecule has 0 amide bonds. The van der Waals surface area contributed by atoms with Gasteiger partial charge in [0.15, 0.2) is 17.1 Å². The van der Waals surface area contributed by atoms with Crippen molar-refractivity contribution in [2.24, 2.45) is 5.16 Å².